The van der Waals surface area contributed by atoms with Gasteiger partial charge in [-0.2, -0.15) is 28.1 Å². The van der Waals surface area contributed by atoms with Gasteiger partial charge >= 0.3 is 36.1 Å². The van der Waals surface area contributed by atoms with Gasteiger partial charge < -0.3 is 46.5 Å². The Hall–Kier alpha value is -5.92. The van der Waals surface area contributed by atoms with E-state index in [2.05, 4.69) is 46.9 Å². The van der Waals surface area contributed by atoms with Gasteiger partial charge in [-0.25, -0.2) is 9.59 Å². The second-order valence-electron chi connectivity index (χ2n) is 14.8. The molecule has 2 saturated carbocycles. The Balaban J connectivity index is 1.15. The van der Waals surface area contributed by atoms with E-state index in [0.29, 0.717) is 49.2 Å². The molecule has 2 fully saturated rings. The van der Waals surface area contributed by atoms with Crippen molar-refractivity contribution in [2.75, 3.05) is 23.8 Å². The number of hydrogen-bond acceptors (Lipinski definition) is 12. The second kappa shape index (κ2) is 18.1. The first-order chi connectivity index (χ1) is 27.3. The number of halogens is 4. The van der Waals surface area contributed by atoms with E-state index in [0.717, 1.165) is 5.56 Å². The molecular formula is C37H43ClF3N9O8. The summed E-state index contributed by atoms with van der Waals surface area (Å²) in [6.45, 7) is 2.94. The summed E-state index contributed by atoms with van der Waals surface area (Å²) < 4.78 is 49.0. The van der Waals surface area contributed by atoms with Gasteiger partial charge in [0.2, 0.25) is 11.9 Å². The number of ether oxygens (including phenoxy) is 2. The number of rotatable bonds is 14. The second-order valence-corrected chi connectivity index (χ2v) is 15.3. The molecule has 0 spiro atoms. The van der Waals surface area contributed by atoms with Crippen LogP contribution in [0.1, 0.15) is 75.2 Å². The molecule has 0 aliphatic heterocycles. The SMILES string of the molecule is CC(C)(C)OC(=O)NC1CCCC(NC(=O)C(=O)NC[C@H](NC(=O)c2ccc(Nc3nc(NC4(c5ccc(Cl)cc5)CC4)nc(OCC(F)(F)F)n3)cc2)C(=O)O)C1. The van der Waals surface area contributed by atoms with Crippen molar-refractivity contribution in [3.63, 3.8) is 0 Å². The molecule has 5 rings (SSSR count). The van der Waals surface area contributed by atoms with Crippen LogP contribution < -0.4 is 36.6 Å². The normalized spacial score (nSPS) is 17.8. The monoisotopic (exact) mass is 833 g/mol. The Morgan fingerprint density at radius 1 is 0.897 bits per heavy atom. The topological polar surface area (TPSA) is 235 Å². The van der Waals surface area contributed by atoms with Gasteiger partial charge in [0.15, 0.2) is 6.61 Å². The van der Waals surface area contributed by atoms with Crippen LogP contribution in [0.5, 0.6) is 6.01 Å². The van der Waals surface area contributed by atoms with Crippen LogP contribution in [0.25, 0.3) is 0 Å². The lowest BCUT2D eigenvalue weighted by atomic mass is 9.91. The Morgan fingerprint density at radius 3 is 2.14 bits per heavy atom. The minimum atomic E-state index is -4.66. The number of carbonyl (C=O) groups excluding carboxylic acids is 4. The Labute approximate surface area is 335 Å². The number of nitrogens with one attached hydrogen (secondary N) is 6. The maximum atomic E-state index is 13.0. The minimum Gasteiger partial charge on any atom is -0.480 e. The summed E-state index contributed by atoms with van der Waals surface area (Å²) in [5, 5.41) is 26.1. The summed E-state index contributed by atoms with van der Waals surface area (Å²) in [5.41, 5.74) is -0.0799. The largest absolute Gasteiger partial charge is 0.480 e. The standard InChI is InChI=1S/C37H43ClF3N9O8/c1-35(2,3)58-34(56)45-25-6-4-5-24(17-25)43-29(53)28(52)42-18-26(30(54)55)46-27(51)20-7-13-23(14-8-20)44-31-47-32(49-33(48-31)57-19-37(39,40)41)50-36(15-16-36)21-9-11-22(38)12-10-21/h7-14,24-26H,4-6,15-19H2,1-3H3,(H,42,52)(H,43,53)(H,45,56)(H,46,51)(H,54,55)(H2,44,47,48,49,50)/t24?,25?,26-/m0/s1. The number of aromatic nitrogens is 3. The molecule has 4 amide bonds. The maximum absolute atomic E-state index is 13.0. The summed E-state index contributed by atoms with van der Waals surface area (Å²) in [6, 6.07) is 9.63. The van der Waals surface area contributed by atoms with Gasteiger partial charge in [0, 0.05) is 34.9 Å². The van der Waals surface area contributed by atoms with Crippen molar-refractivity contribution in [2.45, 2.75) is 94.7 Å². The van der Waals surface area contributed by atoms with Crippen molar-refractivity contribution in [3.8, 4) is 6.01 Å². The molecule has 7 N–H and O–H groups in total. The molecule has 2 unspecified atom stereocenters. The number of aliphatic carboxylic acids is 1. The van der Waals surface area contributed by atoms with E-state index in [1.807, 2.05) is 12.1 Å². The number of carbonyl (C=O) groups is 5. The van der Waals surface area contributed by atoms with E-state index < -0.39 is 78.3 Å². The van der Waals surface area contributed by atoms with E-state index in [1.54, 1.807) is 32.9 Å². The lowest BCUT2D eigenvalue weighted by Gasteiger charge is -2.31. The molecule has 3 aromatic rings. The van der Waals surface area contributed by atoms with E-state index in [-0.39, 0.29) is 23.5 Å². The molecule has 0 bridgehead atoms. The average Bonchev–Trinajstić information content (AvgIpc) is 3.91. The number of nitrogens with zero attached hydrogens (tertiary/aromatic N) is 3. The Bertz CT molecular complexity index is 1980. The van der Waals surface area contributed by atoms with Crippen LogP contribution in [0.3, 0.4) is 0 Å². The summed E-state index contributed by atoms with van der Waals surface area (Å²) in [7, 11) is 0. The number of alkyl carbamates (subject to hydrolysis) is 1. The molecule has 0 radical (unpaired) electrons. The van der Waals surface area contributed by atoms with Gasteiger partial charge in [-0.3, -0.25) is 14.4 Å². The lowest BCUT2D eigenvalue weighted by Crippen LogP contribution is -2.53. The first-order valence-electron chi connectivity index (χ1n) is 18.2. The highest BCUT2D eigenvalue weighted by molar-refractivity contribution is 6.35. The van der Waals surface area contributed by atoms with Crippen molar-refractivity contribution < 1.29 is 51.7 Å². The van der Waals surface area contributed by atoms with Crippen LogP contribution in [0.4, 0.5) is 35.5 Å². The first kappa shape index (κ1) is 43.2. The quantitative estimate of drug-likeness (QED) is 0.111. The number of benzene rings is 2. The van der Waals surface area contributed by atoms with Crippen LogP contribution in [0, 0.1) is 0 Å². The lowest BCUT2D eigenvalue weighted by molar-refractivity contribution is -0.154. The number of alkyl halides is 3. The molecular weight excluding hydrogens is 791 g/mol. The third kappa shape index (κ3) is 13.1. The van der Waals surface area contributed by atoms with Crippen molar-refractivity contribution in [1.82, 2.24) is 36.2 Å². The predicted octanol–water partition coefficient (Wildman–Crippen LogP) is 4.56. The number of amides is 4. The fourth-order valence-electron chi connectivity index (χ4n) is 6.00. The van der Waals surface area contributed by atoms with Gasteiger partial charge in [-0.1, -0.05) is 23.7 Å². The van der Waals surface area contributed by atoms with Gasteiger partial charge in [-0.05, 0) is 101 Å². The fourth-order valence-corrected chi connectivity index (χ4v) is 6.13. The fraction of sp³-hybridized carbons (Fsp3) is 0.459. The van der Waals surface area contributed by atoms with Crippen LogP contribution in [-0.2, 0) is 24.7 Å². The summed E-state index contributed by atoms with van der Waals surface area (Å²) in [6.07, 6.45) is -1.63. The van der Waals surface area contributed by atoms with E-state index in [4.69, 9.17) is 21.1 Å². The molecule has 3 atom stereocenters. The highest BCUT2D eigenvalue weighted by atomic mass is 35.5. The maximum Gasteiger partial charge on any atom is 0.422 e. The Morgan fingerprint density at radius 2 is 1.53 bits per heavy atom. The molecule has 21 heteroatoms. The van der Waals surface area contributed by atoms with Crippen LogP contribution >= 0.6 is 11.6 Å². The zero-order chi connectivity index (χ0) is 42.3. The molecule has 2 aliphatic rings. The van der Waals surface area contributed by atoms with Gasteiger partial charge in [0.05, 0.1) is 5.54 Å². The molecule has 58 heavy (non-hydrogen) atoms. The average molecular weight is 834 g/mol. The third-order valence-corrected chi connectivity index (χ3v) is 9.14. The zero-order valence-corrected chi connectivity index (χ0v) is 32.4. The van der Waals surface area contributed by atoms with E-state index in [1.165, 1.54) is 24.3 Å². The van der Waals surface area contributed by atoms with Gasteiger partial charge in [-0.15, -0.1) is 0 Å². The first-order valence-corrected chi connectivity index (χ1v) is 18.6. The molecule has 0 saturated heterocycles. The van der Waals surface area contributed by atoms with Crippen molar-refractivity contribution >= 4 is 59.0 Å². The number of carboxylic acid groups (broad SMARTS) is 1. The number of carboxylic acids is 1. The number of hydrogen-bond donors (Lipinski definition) is 7. The van der Waals surface area contributed by atoms with Crippen molar-refractivity contribution in [3.05, 3.63) is 64.7 Å². The molecule has 312 valence electrons. The van der Waals surface area contributed by atoms with Crippen molar-refractivity contribution in [2.24, 2.45) is 0 Å². The zero-order valence-electron chi connectivity index (χ0n) is 31.7. The summed E-state index contributed by atoms with van der Waals surface area (Å²) >= 11 is 6.02. The molecule has 2 aromatic carbocycles. The molecule has 1 aromatic heterocycles. The van der Waals surface area contributed by atoms with Crippen molar-refractivity contribution in [1.29, 1.82) is 0 Å². The third-order valence-electron chi connectivity index (χ3n) is 8.89. The molecule has 1 heterocycles. The van der Waals surface area contributed by atoms with E-state index >= 15 is 0 Å². The van der Waals surface area contributed by atoms with Crippen LogP contribution in [0.15, 0.2) is 48.5 Å². The summed E-state index contributed by atoms with van der Waals surface area (Å²) in [5.74, 6) is -4.66. The van der Waals surface area contributed by atoms with Crippen LogP contribution in [-0.4, -0.2) is 92.9 Å². The minimum absolute atomic E-state index is 0.0126. The highest BCUT2D eigenvalue weighted by Crippen LogP contribution is 2.48. The van der Waals surface area contributed by atoms with E-state index in [9.17, 15) is 42.3 Å². The molecule has 2 aliphatic carbocycles. The highest BCUT2D eigenvalue weighted by Gasteiger charge is 2.45. The predicted molar refractivity (Wildman–Crippen MR) is 203 cm³/mol. The Kier molecular flexibility index (Phi) is 13.5. The smallest absolute Gasteiger partial charge is 0.422 e. The van der Waals surface area contributed by atoms with Crippen LogP contribution in [0.2, 0.25) is 5.02 Å². The molecule has 17 nitrogen and oxygen atoms in total. The number of anilines is 3. The summed E-state index contributed by atoms with van der Waals surface area (Å²) in [4.78, 5) is 74.5. The van der Waals surface area contributed by atoms with Gasteiger partial charge in [0.1, 0.15) is 11.6 Å². The van der Waals surface area contributed by atoms with Gasteiger partial charge in [0.25, 0.3) is 5.91 Å².